The number of imide groups is 1. The molecule has 0 unspecified atom stereocenters. The molecule has 2 rings (SSSR count). The van der Waals surface area contributed by atoms with Crippen LogP contribution in [0.15, 0.2) is 48.5 Å². The van der Waals surface area contributed by atoms with Gasteiger partial charge in [-0.25, -0.2) is 4.79 Å². The number of para-hydroxylation sites is 1. The number of likely N-dealkylation sites (N-methyl/N-ethyl adjacent to an activating group) is 1. The van der Waals surface area contributed by atoms with Crippen molar-refractivity contribution in [1.82, 2.24) is 10.2 Å². The van der Waals surface area contributed by atoms with E-state index in [4.69, 9.17) is 4.74 Å². The zero-order chi connectivity index (χ0) is 18.9. The average molecular weight is 355 g/mol. The number of hydrogen-bond donors (Lipinski definition) is 2. The Hall–Kier alpha value is -2.86. The molecule has 0 radical (unpaired) electrons. The Morgan fingerprint density at radius 1 is 1.08 bits per heavy atom. The quantitative estimate of drug-likeness (QED) is 0.801. The van der Waals surface area contributed by atoms with Gasteiger partial charge in [0.15, 0.2) is 0 Å². The summed E-state index contributed by atoms with van der Waals surface area (Å²) in [6, 6.07) is 14.7. The fourth-order valence-electron chi connectivity index (χ4n) is 2.43. The molecule has 0 saturated heterocycles. The lowest BCUT2D eigenvalue weighted by molar-refractivity contribution is -0.120. The van der Waals surface area contributed by atoms with Crippen LogP contribution in [0.2, 0.25) is 0 Å². The second-order valence-electron chi connectivity index (χ2n) is 6.22. The largest absolute Gasteiger partial charge is 0.492 e. The van der Waals surface area contributed by atoms with Crippen molar-refractivity contribution in [1.29, 1.82) is 0 Å². The standard InChI is InChI=1S/C20H25N3O3/c1-15-9-10-18(16(2)13-15)21-20(25)22-19(24)14-23(3)11-12-26-17-7-5-4-6-8-17/h4-10,13H,11-12,14H2,1-3H3,(H2,21,22,24,25). The normalized spacial score (nSPS) is 10.5. The van der Waals surface area contributed by atoms with Gasteiger partial charge in [-0.2, -0.15) is 0 Å². The first kappa shape index (κ1) is 19.5. The molecule has 6 nitrogen and oxygen atoms in total. The molecule has 0 bridgehead atoms. The van der Waals surface area contributed by atoms with Gasteiger partial charge in [0.2, 0.25) is 5.91 Å². The highest BCUT2D eigenvalue weighted by molar-refractivity contribution is 6.02. The van der Waals surface area contributed by atoms with E-state index in [1.54, 1.807) is 11.9 Å². The van der Waals surface area contributed by atoms with Gasteiger partial charge in [0.1, 0.15) is 12.4 Å². The summed E-state index contributed by atoms with van der Waals surface area (Å²) < 4.78 is 5.59. The summed E-state index contributed by atoms with van der Waals surface area (Å²) >= 11 is 0. The first-order valence-corrected chi connectivity index (χ1v) is 8.48. The van der Waals surface area contributed by atoms with Gasteiger partial charge >= 0.3 is 6.03 Å². The van der Waals surface area contributed by atoms with Crippen molar-refractivity contribution in [3.63, 3.8) is 0 Å². The number of anilines is 1. The number of carbonyl (C=O) groups excluding carboxylic acids is 2. The smallest absolute Gasteiger partial charge is 0.325 e. The zero-order valence-corrected chi connectivity index (χ0v) is 15.4. The van der Waals surface area contributed by atoms with E-state index < -0.39 is 6.03 Å². The number of carbonyl (C=O) groups is 2. The molecule has 138 valence electrons. The van der Waals surface area contributed by atoms with Gasteiger partial charge in [0, 0.05) is 12.2 Å². The van der Waals surface area contributed by atoms with E-state index in [1.807, 2.05) is 62.4 Å². The second kappa shape index (κ2) is 9.58. The molecule has 2 aromatic rings. The van der Waals surface area contributed by atoms with Crippen LogP contribution in [0.4, 0.5) is 10.5 Å². The van der Waals surface area contributed by atoms with Crippen molar-refractivity contribution in [2.75, 3.05) is 32.1 Å². The van der Waals surface area contributed by atoms with Crippen LogP contribution in [0.1, 0.15) is 11.1 Å². The second-order valence-corrected chi connectivity index (χ2v) is 6.22. The zero-order valence-electron chi connectivity index (χ0n) is 15.4. The highest BCUT2D eigenvalue weighted by Crippen LogP contribution is 2.15. The molecule has 0 atom stereocenters. The summed E-state index contributed by atoms with van der Waals surface area (Å²) in [5, 5.41) is 5.03. The summed E-state index contributed by atoms with van der Waals surface area (Å²) in [5.74, 6) is 0.424. The fraction of sp³-hybridized carbons (Fsp3) is 0.300. The molecule has 3 amide bonds. The van der Waals surface area contributed by atoms with E-state index in [9.17, 15) is 9.59 Å². The van der Waals surface area contributed by atoms with Gasteiger partial charge in [0.05, 0.1) is 6.54 Å². The molecule has 6 heteroatoms. The number of urea groups is 1. The molecule has 0 spiro atoms. The van der Waals surface area contributed by atoms with E-state index in [0.29, 0.717) is 18.8 Å². The molecular formula is C20H25N3O3. The lowest BCUT2D eigenvalue weighted by Gasteiger charge is -2.16. The minimum Gasteiger partial charge on any atom is -0.492 e. The van der Waals surface area contributed by atoms with Crippen LogP contribution in [0.3, 0.4) is 0 Å². The molecule has 0 aliphatic carbocycles. The number of benzene rings is 2. The predicted molar refractivity (Wildman–Crippen MR) is 103 cm³/mol. The molecule has 2 N–H and O–H groups in total. The third-order valence-corrected chi connectivity index (χ3v) is 3.78. The summed E-state index contributed by atoms with van der Waals surface area (Å²) in [6.07, 6.45) is 0. The molecule has 0 aromatic heterocycles. The summed E-state index contributed by atoms with van der Waals surface area (Å²) in [4.78, 5) is 25.7. The van der Waals surface area contributed by atoms with Gasteiger partial charge in [-0.05, 0) is 44.7 Å². The molecule has 0 aliphatic heterocycles. The average Bonchev–Trinajstić information content (AvgIpc) is 2.58. The number of hydrogen-bond acceptors (Lipinski definition) is 4. The van der Waals surface area contributed by atoms with Crippen molar-refractivity contribution < 1.29 is 14.3 Å². The Bertz CT molecular complexity index is 747. The monoisotopic (exact) mass is 355 g/mol. The Morgan fingerprint density at radius 2 is 1.81 bits per heavy atom. The van der Waals surface area contributed by atoms with E-state index in [-0.39, 0.29) is 12.5 Å². The number of nitrogens with zero attached hydrogens (tertiary/aromatic N) is 1. The number of ether oxygens (including phenoxy) is 1. The number of rotatable bonds is 7. The maximum absolute atomic E-state index is 12.0. The molecule has 0 fully saturated rings. The summed E-state index contributed by atoms with van der Waals surface area (Å²) in [6.45, 7) is 5.03. The maximum Gasteiger partial charge on any atom is 0.325 e. The number of amides is 3. The number of nitrogens with one attached hydrogen (secondary N) is 2. The summed E-state index contributed by atoms with van der Waals surface area (Å²) in [7, 11) is 1.80. The van der Waals surface area contributed by atoms with Crippen molar-refractivity contribution in [2.45, 2.75) is 13.8 Å². The molecule has 0 heterocycles. The third-order valence-electron chi connectivity index (χ3n) is 3.78. The lowest BCUT2D eigenvalue weighted by Crippen LogP contribution is -2.41. The lowest BCUT2D eigenvalue weighted by atomic mass is 10.1. The van der Waals surface area contributed by atoms with Gasteiger partial charge in [0.25, 0.3) is 0 Å². The van der Waals surface area contributed by atoms with Crippen LogP contribution in [-0.4, -0.2) is 43.6 Å². The first-order chi connectivity index (χ1) is 12.4. The van der Waals surface area contributed by atoms with Gasteiger partial charge in [-0.15, -0.1) is 0 Å². The Balaban J connectivity index is 1.70. The van der Waals surface area contributed by atoms with Crippen LogP contribution < -0.4 is 15.4 Å². The van der Waals surface area contributed by atoms with Crippen LogP contribution in [0, 0.1) is 13.8 Å². The van der Waals surface area contributed by atoms with Crippen molar-refractivity contribution in [3.05, 3.63) is 59.7 Å². The highest BCUT2D eigenvalue weighted by Gasteiger charge is 2.11. The van der Waals surface area contributed by atoms with E-state index in [2.05, 4.69) is 10.6 Å². The minimum atomic E-state index is -0.532. The SMILES string of the molecule is Cc1ccc(NC(=O)NC(=O)CN(C)CCOc2ccccc2)c(C)c1. The molecule has 26 heavy (non-hydrogen) atoms. The molecule has 0 saturated carbocycles. The summed E-state index contributed by atoms with van der Waals surface area (Å²) in [5.41, 5.74) is 2.75. The molecule has 2 aromatic carbocycles. The van der Waals surface area contributed by atoms with E-state index in [1.165, 1.54) is 0 Å². The van der Waals surface area contributed by atoms with Crippen molar-refractivity contribution in [2.24, 2.45) is 0 Å². The van der Waals surface area contributed by atoms with E-state index >= 15 is 0 Å². The van der Waals surface area contributed by atoms with Crippen LogP contribution in [-0.2, 0) is 4.79 Å². The maximum atomic E-state index is 12.0. The van der Waals surface area contributed by atoms with Gasteiger partial charge in [-0.1, -0.05) is 35.9 Å². The predicted octanol–water partition coefficient (Wildman–Crippen LogP) is 2.96. The van der Waals surface area contributed by atoms with E-state index in [0.717, 1.165) is 16.9 Å². The Morgan fingerprint density at radius 3 is 2.50 bits per heavy atom. The van der Waals surface area contributed by atoms with Crippen molar-refractivity contribution in [3.8, 4) is 5.75 Å². The molecule has 0 aliphatic rings. The first-order valence-electron chi connectivity index (χ1n) is 8.48. The van der Waals surface area contributed by atoms with Crippen LogP contribution in [0.5, 0.6) is 5.75 Å². The minimum absolute atomic E-state index is 0.110. The van der Waals surface area contributed by atoms with Gasteiger partial charge < -0.3 is 10.1 Å². The topological polar surface area (TPSA) is 70.7 Å². The fourth-order valence-corrected chi connectivity index (χ4v) is 2.43. The third kappa shape index (κ3) is 6.57. The number of aryl methyl sites for hydroxylation is 2. The van der Waals surface area contributed by atoms with Crippen LogP contribution in [0.25, 0.3) is 0 Å². The van der Waals surface area contributed by atoms with Crippen LogP contribution >= 0.6 is 0 Å². The van der Waals surface area contributed by atoms with Gasteiger partial charge in [-0.3, -0.25) is 15.0 Å². The Kier molecular flexibility index (Phi) is 7.17. The Labute approximate surface area is 154 Å². The molecular weight excluding hydrogens is 330 g/mol. The van der Waals surface area contributed by atoms with Crippen molar-refractivity contribution >= 4 is 17.6 Å². The highest BCUT2D eigenvalue weighted by atomic mass is 16.5.